The summed E-state index contributed by atoms with van der Waals surface area (Å²) in [5, 5.41) is 3.32. The first kappa shape index (κ1) is 16.2. The first-order chi connectivity index (χ1) is 9.46. The fraction of sp³-hybridized carbons (Fsp3) is 1.00. The van der Waals surface area contributed by atoms with Crippen molar-refractivity contribution in [1.82, 2.24) is 14.9 Å². The molecule has 0 spiro atoms. The maximum Gasteiger partial charge on any atom is 0.211 e. The molecular formula is C14H29N3O2S. The van der Waals surface area contributed by atoms with Crippen LogP contribution in [0.3, 0.4) is 0 Å². The summed E-state index contributed by atoms with van der Waals surface area (Å²) in [5.74, 6) is 0.863. The van der Waals surface area contributed by atoms with E-state index in [1.807, 2.05) is 0 Å². The first-order valence-electron chi connectivity index (χ1n) is 7.87. The molecule has 2 aliphatic rings. The van der Waals surface area contributed by atoms with Gasteiger partial charge in [0.15, 0.2) is 0 Å². The Balaban J connectivity index is 1.75. The zero-order valence-corrected chi connectivity index (χ0v) is 13.6. The summed E-state index contributed by atoms with van der Waals surface area (Å²) in [5.41, 5.74) is 0. The number of nitrogens with zero attached hydrogens (tertiary/aromatic N) is 1. The Kier molecular flexibility index (Phi) is 5.84. The van der Waals surface area contributed by atoms with Crippen LogP contribution in [0.1, 0.15) is 39.0 Å². The number of rotatable bonds is 5. The van der Waals surface area contributed by atoms with E-state index >= 15 is 0 Å². The second-order valence-electron chi connectivity index (χ2n) is 6.47. The molecule has 118 valence electrons. The SMILES string of the molecule is CC1CC(NS(=O)(=O)CCC2CCNCC2)CCN1C. The highest BCUT2D eigenvalue weighted by Gasteiger charge is 2.26. The molecule has 20 heavy (non-hydrogen) atoms. The molecule has 5 nitrogen and oxygen atoms in total. The maximum atomic E-state index is 12.2. The van der Waals surface area contributed by atoms with Gasteiger partial charge < -0.3 is 10.2 Å². The van der Waals surface area contributed by atoms with Crippen LogP contribution in [-0.2, 0) is 10.0 Å². The van der Waals surface area contributed by atoms with E-state index in [4.69, 9.17) is 0 Å². The van der Waals surface area contributed by atoms with Crippen LogP contribution < -0.4 is 10.0 Å². The van der Waals surface area contributed by atoms with Gasteiger partial charge in [-0.2, -0.15) is 0 Å². The topological polar surface area (TPSA) is 61.4 Å². The Morgan fingerprint density at radius 2 is 1.95 bits per heavy atom. The van der Waals surface area contributed by atoms with Crippen molar-refractivity contribution < 1.29 is 8.42 Å². The molecule has 0 saturated carbocycles. The van der Waals surface area contributed by atoms with Crippen molar-refractivity contribution in [2.24, 2.45) is 5.92 Å². The summed E-state index contributed by atoms with van der Waals surface area (Å²) >= 11 is 0. The van der Waals surface area contributed by atoms with Gasteiger partial charge in [0.1, 0.15) is 0 Å². The van der Waals surface area contributed by atoms with Crippen molar-refractivity contribution >= 4 is 10.0 Å². The Labute approximate surface area is 123 Å². The zero-order valence-electron chi connectivity index (χ0n) is 12.8. The third-order valence-electron chi connectivity index (χ3n) is 4.81. The van der Waals surface area contributed by atoms with Crippen LogP contribution in [0.25, 0.3) is 0 Å². The summed E-state index contributed by atoms with van der Waals surface area (Å²) in [6.45, 7) is 5.20. The molecule has 0 aromatic rings. The zero-order chi connectivity index (χ0) is 14.6. The predicted octanol–water partition coefficient (Wildman–Crippen LogP) is 0.778. The van der Waals surface area contributed by atoms with Gasteiger partial charge in [0.2, 0.25) is 10.0 Å². The molecule has 0 aromatic carbocycles. The van der Waals surface area contributed by atoms with Crippen molar-refractivity contribution in [1.29, 1.82) is 0 Å². The van der Waals surface area contributed by atoms with Crippen LogP contribution in [0.2, 0.25) is 0 Å². The highest BCUT2D eigenvalue weighted by molar-refractivity contribution is 7.89. The van der Waals surface area contributed by atoms with E-state index in [0.717, 1.165) is 51.7 Å². The van der Waals surface area contributed by atoms with E-state index in [9.17, 15) is 8.42 Å². The number of nitrogens with one attached hydrogen (secondary N) is 2. The molecule has 0 bridgehead atoms. The van der Waals surface area contributed by atoms with Crippen LogP contribution in [-0.4, -0.2) is 57.8 Å². The molecule has 2 unspecified atom stereocenters. The van der Waals surface area contributed by atoms with E-state index < -0.39 is 10.0 Å². The summed E-state index contributed by atoms with van der Waals surface area (Å²) in [6.07, 6.45) is 4.87. The molecule has 6 heteroatoms. The van der Waals surface area contributed by atoms with Crippen LogP contribution in [0.15, 0.2) is 0 Å². The molecule has 2 heterocycles. The molecule has 0 radical (unpaired) electrons. The quantitative estimate of drug-likeness (QED) is 0.788. The Morgan fingerprint density at radius 1 is 1.25 bits per heavy atom. The normalized spacial score (nSPS) is 30.5. The van der Waals surface area contributed by atoms with Gasteiger partial charge >= 0.3 is 0 Å². The number of sulfonamides is 1. The molecule has 2 aliphatic heterocycles. The fourth-order valence-corrected chi connectivity index (χ4v) is 4.68. The van der Waals surface area contributed by atoms with Gasteiger partial charge in [0.25, 0.3) is 0 Å². The summed E-state index contributed by atoms with van der Waals surface area (Å²) < 4.78 is 27.3. The average molecular weight is 303 g/mol. The lowest BCUT2D eigenvalue weighted by atomic mass is 9.96. The number of hydrogen-bond donors (Lipinski definition) is 2. The van der Waals surface area contributed by atoms with E-state index in [1.54, 1.807) is 0 Å². The third-order valence-corrected chi connectivity index (χ3v) is 6.27. The molecule has 0 aliphatic carbocycles. The van der Waals surface area contributed by atoms with Crippen molar-refractivity contribution in [2.75, 3.05) is 32.4 Å². The molecule has 0 amide bonds. The molecule has 2 N–H and O–H groups in total. The monoisotopic (exact) mass is 303 g/mol. The fourth-order valence-electron chi connectivity index (χ4n) is 3.20. The summed E-state index contributed by atoms with van der Waals surface area (Å²) in [6, 6.07) is 0.583. The van der Waals surface area contributed by atoms with E-state index in [2.05, 4.69) is 28.9 Å². The molecular weight excluding hydrogens is 274 g/mol. The van der Waals surface area contributed by atoms with Crippen molar-refractivity contribution in [3.8, 4) is 0 Å². The number of piperidine rings is 2. The molecule has 2 fully saturated rings. The lowest BCUT2D eigenvalue weighted by molar-refractivity contribution is 0.178. The van der Waals surface area contributed by atoms with Crippen molar-refractivity contribution in [3.63, 3.8) is 0 Å². The van der Waals surface area contributed by atoms with Gasteiger partial charge in [0.05, 0.1) is 5.75 Å². The lowest BCUT2D eigenvalue weighted by Gasteiger charge is -2.35. The Hall–Kier alpha value is -0.170. The minimum Gasteiger partial charge on any atom is -0.317 e. The summed E-state index contributed by atoms with van der Waals surface area (Å²) in [7, 11) is -1.01. The minimum absolute atomic E-state index is 0.124. The third kappa shape index (κ3) is 4.98. The van der Waals surface area contributed by atoms with Crippen LogP contribution in [0.5, 0.6) is 0 Å². The first-order valence-corrected chi connectivity index (χ1v) is 9.52. The van der Waals surface area contributed by atoms with Gasteiger partial charge in [-0.15, -0.1) is 0 Å². The van der Waals surface area contributed by atoms with Crippen LogP contribution >= 0.6 is 0 Å². The van der Waals surface area contributed by atoms with E-state index in [0.29, 0.717) is 17.7 Å². The molecule has 2 rings (SSSR count). The summed E-state index contributed by atoms with van der Waals surface area (Å²) in [4.78, 5) is 2.29. The standard InChI is InChI=1S/C14H29N3O2S/c1-12-11-14(5-9-17(12)2)16-20(18,19)10-6-13-3-7-15-8-4-13/h12-16H,3-11H2,1-2H3. The largest absolute Gasteiger partial charge is 0.317 e. The smallest absolute Gasteiger partial charge is 0.211 e. The molecule has 2 saturated heterocycles. The predicted molar refractivity (Wildman–Crippen MR) is 82.2 cm³/mol. The van der Waals surface area contributed by atoms with E-state index in [1.165, 1.54) is 0 Å². The highest BCUT2D eigenvalue weighted by Crippen LogP contribution is 2.19. The van der Waals surface area contributed by atoms with Gasteiger partial charge in [-0.1, -0.05) is 0 Å². The van der Waals surface area contributed by atoms with Gasteiger partial charge in [-0.3, -0.25) is 0 Å². The van der Waals surface area contributed by atoms with Gasteiger partial charge in [-0.25, -0.2) is 13.1 Å². The van der Waals surface area contributed by atoms with Crippen LogP contribution in [0, 0.1) is 5.92 Å². The lowest BCUT2D eigenvalue weighted by Crippen LogP contribution is -2.47. The van der Waals surface area contributed by atoms with Gasteiger partial charge in [0, 0.05) is 12.1 Å². The van der Waals surface area contributed by atoms with Crippen molar-refractivity contribution in [2.45, 2.75) is 51.1 Å². The maximum absolute atomic E-state index is 12.2. The Morgan fingerprint density at radius 3 is 2.60 bits per heavy atom. The molecule has 2 atom stereocenters. The second-order valence-corrected chi connectivity index (χ2v) is 8.34. The molecule has 0 aromatic heterocycles. The van der Waals surface area contributed by atoms with Crippen LogP contribution in [0.4, 0.5) is 0 Å². The number of likely N-dealkylation sites (tertiary alicyclic amines) is 1. The average Bonchev–Trinajstić information content (AvgIpc) is 2.42. The Bertz CT molecular complexity index is 393. The second kappa shape index (κ2) is 7.20. The van der Waals surface area contributed by atoms with Crippen molar-refractivity contribution in [3.05, 3.63) is 0 Å². The highest BCUT2D eigenvalue weighted by atomic mass is 32.2. The van der Waals surface area contributed by atoms with Gasteiger partial charge in [-0.05, 0) is 71.6 Å². The van der Waals surface area contributed by atoms with E-state index in [-0.39, 0.29) is 6.04 Å². The number of hydrogen-bond acceptors (Lipinski definition) is 4. The minimum atomic E-state index is -3.11.